The van der Waals surface area contributed by atoms with Gasteiger partial charge in [-0.1, -0.05) is 0 Å². The van der Waals surface area contributed by atoms with Crippen LogP contribution in [-0.2, 0) is 10.0 Å². The first-order valence-electron chi connectivity index (χ1n) is 5.62. The molecule has 0 unspecified atom stereocenters. The Hall–Kier alpha value is -1.47. The van der Waals surface area contributed by atoms with Crippen molar-refractivity contribution in [3.8, 4) is 11.5 Å². The number of nitrogen functional groups attached to an aromatic ring is 1. The van der Waals surface area contributed by atoms with Crippen LogP contribution >= 0.6 is 0 Å². The molecule has 0 atom stereocenters. The van der Waals surface area contributed by atoms with Crippen molar-refractivity contribution in [2.45, 2.75) is 24.8 Å². The van der Waals surface area contributed by atoms with E-state index in [2.05, 4.69) is 4.72 Å². The molecule has 0 radical (unpaired) electrons. The van der Waals surface area contributed by atoms with Gasteiger partial charge in [0.1, 0.15) is 13.2 Å². The lowest BCUT2D eigenvalue weighted by Crippen LogP contribution is -2.32. The van der Waals surface area contributed by atoms with Gasteiger partial charge in [0.15, 0.2) is 16.4 Å². The number of sulfonamides is 1. The van der Waals surface area contributed by atoms with Gasteiger partial charge in [-0.3, -0.25) is 0 Å². The van der Waals surface area contributed by atoms with E-state index in [4.69, 9.17) is 15.2 Å². The third kappa shape index (κ3) is 2.37. The first-order valence-corrected chi connectivity index (χ1v) is 7.10. The standard InChI is InChI=1S/C11H16N2O4S/c1-7(2)13-18(14,15)11-8(12)3-4-9-10(11)17-6-5-16-9/h3-4,7,13H,5-6,12H2,1-2H3. The maximum atomic E-state index is 12.2. The molecule has 2 rings (SSSR count). The number of ether oxygens (including phenoxy) is 2. The Balaban J connectivity index is 2.56. The Bertz CT molecular complexity index is 554. The molecule has 3 N–H and O–H groups in total. The smallest absolute Gasteiger partial charge is 0.246 e. The molecule has 1 heterocycles. The molecule has 0 amide bonds. The molecule has 0 aromatic heterocycles. The maximum absolute atomic E-state index is 12.2. The van der Waals surface area contributed by atoms with E-state index in [0.717, 1.165) is 0 Å². The lowest BCUT2D eigenvalue weighted by molar-refractivity contribution is 0.167. The van der Waals surface area contributed by atoms with Crippen LogP contribution in [0.2, 0.25) is 0 Å². The zero-order chi connectivity index (χ0) is 13.3. The Kier molecular flexibility index (Phi) is 3.36. The molecule has 0 fully saturated rings. The van der Waals surface area contributed by atoms with Crippen molar-refractivity contribution < 1.29 is 17.9 Å². The summed E-state index contributed by atoms with van der Waals surface area (Å²) in [5, 5.41) is 0. The lowest BCUT2D eigenvalue weighted by Gasteiger charge is -2.22. The fourth-order valence-corrected chi connectivity index (χ4v) is 3.27. The number of nitrogens with two attached hydrogens (primary N) is 1. The van der Waals surface area contributed by atoms with Gasteiger partial charge in [-0.15, -0.1) is 0 Å². The summed E-state index contributed by atoms with van der Waals surface area (Å²) in [6.45, 7) is 4.18. The van der Waals surface area contributed by atoms with E-state index < -0.39 is 10.0 Å². The monoisotopic (exact) mass is 272 g/mol. The summed E-state index contributed by atoms with van der Waals surface area (Å²) in [6.07, 6.45) is 0. The van der Waals surface area contributed by atoms with Crippen molar-refractivity contribution in [1.29, 1.82) is 0 Å². The van der Waals surface area contributed by atoms with Crippen molar-refractivity contribution in [1.82, 2.24) is 4.72 Å². The van der Waals surface area contributed by atoms with Crippen molar-refractivity contribution in [3.05, 3.63) is 12.1 Å². The number of rotatable bonds is 3. The minimum atomic E-state index is -3.71. The van der Waals surface area contributed by atoms with Gasteiger partial charge >= 0.3 is 0 Å². The Morgan fingerprint density at radius 2 is 1.94 bits per heavy atom. The van der Waals surface area contributed by atoms with Crippen LogP contribution in [0.1, 0.15) is 13.8 Å². The van der Waals surface area contributed by atoms with E-state index in [-0.39, 0.29) is 22.4 Å². The van der Waals surface area contributed by atoms with E-state index in [9.17, 15) is 8.42 Å². The highest BCUT2D eigenvalue weighted by atomic mass is 32.2. The summed E-state index contributed by atoms with van der Waals surface area (Å²) < 4.78 is 37.6. The molecule has 1 aromatic rings. The Morgan fingerprint density at radius 3 is 2.61 bits per heavy atom. The minimum Gasteiger partial charge on any atom is -0.486 e. The summed E-state index contributed by atoms with van der Waals surface area (Å²) in [5.74, 6) is 0.592. The van der Waals surface area contributed by atoms with Gasteiger partial charge in [0.05, 0.1) is 5.69 Å². The quantitative estimate of drug-likeness (QED) is 0.791. The number of hydrogen-bond acceptors (Lipinski definition) is 5. The fraction of sp³-hybridized carbons (Fsp3) is 0.455. The Labute approximate surface area is 106 Å². The zero-order valence-corrected chi connectivity index (χ0v) is 11.1. The van der Waals surface area contributed by atoms with Crippen LogP contribution in [0.25, 0.3) is 0 Å². The van der Waals surface area contributed by atoms with Gasteiger partial charge in [0.2, 0.25) is 10.0 Å². The van der Waals surface area contributed by atoms with E-state index in [0.29, 0.717) is 19.0 Å². The van der Waals surface area contributed by atoms with Gasteiger partial charge in [0, 0.05) is 6.04 Å². The summed E-state index contributed by atoms with van der Waals surface area (Å²) in [4.78, 5) is -0.0478. The molecular formula is C11H16N2O4S. The second-order valence-corrected chi connectivity index (χ2v) is 5.93. The third-order valence-corrected chi connectivity index (χ3v) is 4.09. The summed E-state index contributed by atoms with van der Waals surface area (Å²) in [5.41, 5.74) is 5.90. The van der Waals surface area contributed by atoms with Gasteiger partial charge in [-0.2, -0.15) is 0 Å². The molecule has 7 heteroatoms. The molecule has 0 aliphatic carbocycles. The van der Waals surface area contributed by atoms with Gasteiger partial charge in [-0.05, 0) is 26.0 Å². The largest absolute Gasteiger partial charge is 0.486 e. The number of fused-ring (bicyclic) bond motifs is 1. The predicted molar refractivity (Wildman–Crippen MR) is 67.3 cm³/mol. The molecule has 1 aliphatic rings. The topological polar surface area (TPSA) is 90.7 Å². The van der Waals surface area contributed by atoms with Gasteiger partial charge in [0.25, 0.3) is 0 Å². The molecule has 1 aliphatic heterocycles. The number of benzene rings is 1. The van der Waals surface area contributed by atoms with Crippen LogP contribution in [0, 0.1) is 0 Å². The first-order chi connectivity index (χ1) is 8.42. The van der Waals surface area contributed by atoms with E-state index in [1.165, 1.54) is 6.07 Å². The highest BCUT2D eigenvalue weighted by molar-refractivity contribution is 7.89. The van der Waals surface area contributed by atoms with Gasteiger partial charge < -0.3 is 15.2 Å². The van der Waals surface area contributed by atoms with Crippen LogP contribution < -0.4 is 19.9 Å². The molecule has 0 saturated heterocycles. The van der Waals surface area contributed by atoms with Crippen molar-refractivity contribution >= 4 is 15.7 Å². The average Bonchev–Trinajstić information content (AvgIpc) is 2.26. The maximum Gasteiger partial charge on any atom is 0.246 e. The van der Waals surface area contributed by atoms with E-state index in [1.54, 1.807) is 19.9 Å². The molecule has 6 nitrogen and oxygen atoms in total. The molecule has 0 bridgehead atoms. The van der Waals surface area contributed by atoms with Crippen LogP contribution in [0.3, 0.4) is 0 Å². The molecule has 1 aromatic carbocycles. The van der Waals surface area contributed by atoms with Crippen LogP contribution in [0.5, 0.6) is 11.5 Å². The zero-order valence-electron chi connectivity index (χ0n) is 10.3. The minimum absolute atomic E-state index is 0.0478. The number of hydrogen-bond donors (Lipinski definition) is 2. The van der Waals surface area contributed by atoms with E-state index in [1.807, 2.05) is 0 Å². The van der Waals surface area contributed by atoms with Crippen molar-refractivity contribution in [3.63, 3.8) is 0 Å². The predicted octanol–water partition coefficient (Wildman–Crippen LogP) is 0.727. The molecule has 0 saturated carbocycles. The van der Waals surface area contributed by atoms with E-state index >= 15 is 0 Å². The third-order valence-electron chi connectivity index (χ3n) is 2.35. The first kappa shape index (κ1) is 13.0. The SMILES string of the molecule is CC(C)NS(=O)(=O)c1c(N)ccc2c1OCCO2. The average molecular weight is 272 g/mol. The van der Waals surface area contributed by atoms with Crippen LogP contribution in [0.4, 0.5) is 5.69 Å². The number of anilines is 1. The molecular weight excluding hydrogens is 256 g/mol. The van der Waals surface area contributed by atoms with Crippen molar-refractivity contribution in [2.75, 3.05) is 18.9 Å². The molecule has 0 spiro atoms. The summed E-state index contributed by atoms with van der Waals surface area (Å²) >= 11 is 0. The summed E-state index contributed by atoms with van der Waals surface area (Å²) in [6, 6.07) is 2.88. The second kappa shape index (κ2) is 4.66. The molecule has 100 valence electrons. The highest BCUT2D eigenvalue weighted by Crippen LogP contribution is 2.39. The fourth-order valence-electron chi connectivity index (χ4n) is 1.75. The van der Waals surface area contributed by atoms with Crippen molar-refractivity contribution in [2.24, 2.45) is 0 Å². The Morgan fingerprint density at radius 1 is 1.28 bits per heavy atom. The van der Waals surface area contributed by atoms with Crippen LogP contribution in [-0.4, -0.2) is 27.7 Å². The normalized spacial score (nSPS) is 14.8. The second-order valence-electron chi connectivity index (χ2n) is 4.28. The molecule has 18 heavy (non-hydrogen) atoms. The van der Waals surface area contributed by atoms with Crippen LogP contribution in [0.15, 0.2) is 17.0 Å². The number of nitrogens with one attached hydrogen (secondary N) is 1. The lowest BCUT2D eigenvalue weighted by atomic mass is 10.2. The van der Waals surface area contributed by atoms with Gasteiger partial charge in [-0.25, -0.2) is 13.1 Å². The summed E-state index contributed by atoms with van der Waals surface area (Å²) in [7, 11) is -3.71. The highest BCUT2D eigenvalue weighted by Gasteiger charge is 2.28.